The van der Waals surface area contributed by atoms with Crippen molar-refractivity contribution in [3.63, 3.8) is 0 Å². The number of nitrogens with zero attached hydrogens (tertiary/aromatic N) is 3. The fourth-order valence-electron chi connectivity index (χ4n) is 3.66. The number of fused-ring (bicyclic) bond motifs is 1. The van der Waals surface area contributed by atoms with E-state index in [-0.39, 0.29) is 11.8 Å². The Labute approximate surface area is 173 Å². The summed E-state index contributed by atoms with van der Waals surface area (Å²) in [5, 5.41) is 2.93. The molecule has 0 saturated carbocycles. The lowest BCUT2D eigenvalue weighted by Crippen LogP contribution is -2.52. The smallest absolute Gasteiger partial charge is 0.317 e. The molecule has 156 valence electrons. The second-order valence-corrected chi connectivity index (χ2v) is 7.38. The number of anilines is 1. The number of urea groups is 1. The van der Waals surface area contributed by atoms with Gasteiger partial charge in [-0.3, -0.25) is 4.79 Å². The predicted octanol–water partition coefficient (Wildman–Crippen LogP) is 2.98. The molecule has 30 heavy (non-hydrogen) atoms. The zero-order valence-corrected chi connectivity index (χ0v) is 16.8. The summed E-state index contributed by atoms with van der Waals surface area (Å²) in [6, 6.07) is 12.2. The third-order valence-corrected chi connectivity index (χ3v) is 5.34. The summed E-state index contributed by atoms with van der Waals surface area (Å²) in [7, 11) is 0. The third kappa shape index (κ3) is 4.27. The molecule has 1 aliphatic heterocycles. The fraction of sp³-hybridized carbons (Fsp3) is 0.318. The lowest BCUT2D eigenvalue weighted by molar-refractivity contribution is 0.101. The van der Waals surface area contributed by atoms with Gasteiger partial charge in [-0.15, -0.1) is 0 Å². The molecule has 1 aromatic heterocycles. The number of benzene rings is 2. The Hall–Kier alpha value is -3.42. The van der Waals surface area contributed by atoms with Gasteiger partial charge in [-0.2, -0.15) is 0 Å². The summed E-state index contributed by atoms with van der Waals surface area (Å²) < 4.78 is 14.4. The average molecular weight is 409 g/mol. The van der Waals surface area contributed by atoms with Gasteiger partial charge in [0, 0.05) is 44.7 Å². The molecular formula is C22H24FN5O2. The Balaban J connectivity index is 1.26. The van der Waals surface area contributed by atoms with Crippen molar-refractivity contribution in [2.24, 2.45) is 0 Å². The number of H-pyrrole nitrogens is 1. The highest BCUT2D eigenvalue weighted by Gasteiger charge is 2.23. The number of aromatic nitrogens is 2. The normalized spacial score (nSPS) is 14.2. The number of carbonyl (C=O) groups excluding carboxylic acids is 2. The van der Waals surface area contributed by atoms with Crippen LogP contribution in [0, 0.1) is 5.82 Å². The minimum atomic E-state index is -0.411. The molecule has 2 heterocycles. The van der Waals surface area contributed by atoms with E-state index in [1.807, 2.05) is 29.2 Å². The number of hydrogen-bond acceptors (Lipinski definition) is 4. The Morgan fingerprint density at radius 1 is 1.13 bits per heavy atom. The first-order chi connectivity index (χ1) is 14.5. The Morgan fingerprint density at radius 2 is 1.90 bits per heavy atom. The van der Waals surface area contributed by atoms with Gasteiger partial charge in [-0.05, 0) is 37.3 Å². The van der Waals surface area contributed by atoms with Crippen molar-refractivity contribution in [2.45, 2.75) is 13.3 Å². The van der Waals surface area contributed by atoms with Gasteiger partial charge < -0.3 is 20.1 Å². The van der Waals surface area contributed by atoms with E-state index >= 15 is 0 Å². The monoisotopic (exact) mass is 409 g/mol. The molecule has 0 bridgehead atoms. The number of amides is 2. The number of para-hydroxylation sites is 2. The van der Waals surface area contributed by atoms with Crippen molar-refractivity contribution < 1.29 is 14.0 Å². The van der Waals surface area contributed by atoms with Crippen LogP contribution in [0.3, 0.4) is 0 Å². The molecule has 0 radical (unpaired) electrons. The van der Waals surface area contributed by atoms with Crippen LogP contribution >= 0.6 is 0 Å². The van der Waals surface area contributed by atoms with Crippen molar-refractivity contribution in [2.75, 3.05) is 37.6 Å². The molecule has 2 aromatic carbocycles. The number of halogens is 1. The number of ketones is 1. The number of rotatable bonds is 5. The van der Waals surface area contributed by atoms with Crippen LogP contribution in [0.4, 0.5) is 14.9 Å². The molecule has 0 aliphatic carbocycles. The maximum atomic E-state index is 14.4. The summed E-state index contributed by atoms with van der Waals surface area (Å²) in [5.41, 5.74) is 2.72. The largest absolute Gasteiger partial charge is 0.366 e. The topological polar surface area (TPSA) is 81.3 Å². The maximum absolute atomic E-state index is 14.4. The van der Waals surface area contributed by atoms with Crippen LogP contribution in [-0.2, 0) is 6.42 Å². The maximum Gasteiger partial charge on any atom is 0.317 e. The fourth-order valence-corrected chi connectivity index (χ4v) is 3.66. The summed E-state index contributed by atoms with van der Waals surface area (Å²) in [5.74, 6) is 0.266. The standard InChI is InChI=1S/C22H24FN5O2/c1-15(29)16-6-7-20(17(23)14-16)27-10-12-28(13-11-27)22(30)24-9-8-21-25-18-4-2-3-5-19(18)26-21/h2-7,14H,8-13H2,1H3,(H,24,30)(H,25,26). The number of aromatic amines is 1. The lowest BCUT2D eigenvalue weighted by atomic mass is 10.1. The van der Waals surface area contributed by atoms with E-state index in [4.69, 9.17) is 0 Å². The highest BCUT2D eigenvalue weighted by Crippen LogP contribution is 2.22. The molecule has 2 N–H and O–H groups in total. The number of piperazine rings is 1. The molecule has 1 aliphatic rings. The Bertz CT molecular complexity index is 1040. The highest BCUT2D eigenvalue weighted by molar-refractivity contribution is 5.94. The number of Topliss-reactive ketones (excluding diaryl/α,β-unsaturated/α-hetero) is 1. The van der Waals surface area contributed by atoms with Crippen molar-refractivity contribution in [1.82, 2.24) is 20.2 Å². The molecule has 0 atom stereocenters. The van der Waals surface area contributed by atoms with Crippen molar-refractivity contribution in [3.05, 3.63) is 59.7 Å². The summed E-state index contributed by atoms with van der Waals surface area (Å²) in [4.78, 5) is 35.2. The molecule has 0 spiro atoms. The molecular weight excluding hydrogens is 385 g/mol. The number of nitrogens with one attached hydrogen (secondary N) is 2. The quantitative estimate of drug-likeness (QED) is 0.635. The Kier molecular flexibility index (Phi) is 5.65. The van der Waals surface area contributed by atoms with E-state index in [0.29, 0.717) is 50.4 Å². The SMILES string of the molecule is CC(=O)c1ccc(N2CCN(C(=O)NCCc3nc4ccccc4[nH]3)CC2)c(F)c1. The number of carbonyl (C=O) groups is 2. The summed E-state index contributed by atoms with van der Waals surface area (Å²) in [6.07, 6.45) is 0.619. The molecule has 3 aromatic rings. The van der Waals surface area contributed by atoms with E-state index in [9.17, 15) is 14.0 Å². The Morgan fingerprint density at radius 3 is 2.60 bits per heavy atom. The predicted molar refractivity (Wildman–Crippen MR) is 113 cm³/mol. The van der Waals surface area contributed by atoms with E-state index in [2.05, 4.69) is 15.3 Å². The van der Waals surface area contributed by atoms with Gasteiger partial charge in [0.25, 0.3) is 0 Å². The van der Waals surface area contributed by atoms with E-state index < -0.39 is 5.82 Å². The second kappa shape index (κ2) is 8.52. The van der Waals surface area contributed by atoms with Gasteiger partial charge in [-0.25, -0.2) is 14.2 Å². The van der Waals surface area contributed by atoms with Gasteiger partial charge in [0.2, 0.25) is 0 Å². The van der Waals surface area contributed by atoms with Crippen LogP contribution in [-0.4, -0.2) is 59.4 Å². The minimum absolute atomic E-state index is 0.127. The number of imidazole rings is 1. The lowest BCUT2D eigenvalue weighted by Gasteiger charge is -2.36. The zero-order valence-electron chi connectivity index (χ0n) is 16.8. The second-order valence-electron chi connectivity index (χ2n) is 7.38. The van der Waals surface area contributed by atoms with Gasteiger partial charge in [0.1, 0.15) is 11.6 Å². The minimum Gasteiger partial charge on any atom is -0.366 e. The van der Waals surface area contributed by atoms with Crippen LogP contribution in [0.5, 0.6) is 0 Å². The zero-order chi connectivity index (χ0) is 21.1. The van der Waals surface area contributed by atoms with Gasteiger partial charge in [0.15, 0.2) is 5.78 Å². The average Bonchev–Trinajstić information content (AvgIpc) is 3.16. The van der Waals surface area contributed by atoms with Crippen molar-refractivity contribution in [3.8, 4) is 0 Å². The van der Waals surface area contributed by atoms with Crippen LogP contribution < -0.4 is 10.2 Å². The van der Waals surface area contributed by atoms with E-state index in [1.54, 1.807) is 17.0 Å². The third-order valence-electron chi connectivity index (χ3n) is 5.34. The van der Waals surface area contributed by atoms with E-state index in [0.717, 1.165) is 16.9 Å². The highest BCUT2D eigenvalue weighted by atomic mass is 19.1. The first-order valence-corrected chi connectivity index (χ1v) is 10.0. The molecule has 8 heteroatoms. The first-order valence-electron chi connectivity index (χ1n) is 10.0. The van der Waals surface area contributed by atoms with Crippen LogP contribution in [0.1, 0.15) is 23.1 Å². The molecule has 7 nitrogen and oxygen atoms in total. The van der Waals surface area contributed by atoms with Crippen LogP contribution in [0.25, 0.3) is 11.0 Å². The van der Waals surface area contributed by atoms with Gasteiger partial charge in [0.05, 0.1) is 16.7 Å². The van der Waals surface area contributed by atoms with Gasteiger partial charge in [-0.1, -0.05) is 12.1 Å². The van der Waals surface area contributed by atoms with Gasteiger partial charge >= 0.3 is 6.03 Å². The summed E-state index contributed by atoms with van der Waals surface area (Å²) >= 11 is 0. The molecule has 0 unspecified atom stereocenters. The first kappa shape index (κ1) is 19.9. The van der Waals surface area contributed by atoms with E-state index in [1.165, 1.54) is 13.0 Å². The van der Waals surface area contributed by atoms with Crippen molar-refractivity contribution >= 4 is 28.5 Å². The van der Waals surface area contributed by atoms with Crippen LogP contribution in [0.2, 0.25) is 0 Å². The molecule has 1 saturated heterocycles. The molecule has 1 fully saturated rings. The number of hydrogen-bond donors (Lipinski definition) is 2. The molecule has 2 amide bonds. The van der Waals surface area contributed by atoms with Crippen molar-refractivity contribution in [1.29, 1.82) is 0 Å². The summed E-state index contributed by atoms with van der Waals surface area (Å²) in [6.45, 7) is 3.98. The van der Waals surface area contributed by atoms with Crippen LogP contribution in [0.15, 0.2) is 42.5 Å². The molecule has 4 rings (SSSR count).